The molecule has 130 valence electrons. The van der Waals surface area contributed by atoms with Gasteiger partial charge in [-0.05, 0) is 53.4 Å². The van der Waals surface area contributed by atoms with Gasteiger partial charge in [-0.2, -0.15) is 0 Å². The highest BCUT2D eigenvalue weighted by molar-refractivity contribution is 7.80. The van der Waals surface area contributed by atoms with E-state index in [2.05, 4.69) is 0 Å². The van der Waals surface area contributed by atoms with Gasteiger partial charge in [0.1, 0.15) is 11.1 Å². The predicted molar refractivity (Wildman–Crippen MR) is 91.1 cm³/mol. The number of thiocarbonyl (C=S) groups is 1. The maximum Gasteiger partial charge on any atom is 0.332 e. The van der Waals surface area contributed by atoms with Gasteiger partial charge in [0.05, 0.1) is 18.0 Å². The van der Waals surface area contributed by atoms with Crippen molar-refractivity contribution in [1.29, 1.82) is 0 Å². The van der Waals surface area contributed by atoms with Crippen LogP contribution in [0.15, 0.2) is 0 Å². The van der Waals surface area contributed by atoms with E-state index >= 15 is 0 Å². The van der Waals surface area contributed by atoms with E-state index in [1.807, 2.05) is 25.7 Å². The van der Waals surface area contributed by atoms with Crippen molar-refractivity contribution in [3.05, 3.63) is 0 Å². The van der Waals surface area contributed by atoms with Crippen LogP contribution in [-0.4, -0.2) is 46.1 Å². The molecule has 2 fully saturated rings. The molecule has 0 aromatic heterocycles. The maximum absolute atomic E-state index is 12.7. The standard InChI is InChI=1S/C17H27NO4S/c1-5-21-15(20)17-9-6-10-18(17)13(23)8-7-12(17)11-14(19)22-16(2,3)4/h12H,5-11H2,1-4H3/t12-,17+/m1/s1. The fourth-order valence-electron chi connectivity index (χ4n) is 3.77. The van der Waals surface area contributed by atoms with E-state index in [4.69, 9.17) is 21.7 Å². The van der Waals surface area contributed by atoms with Gasteiger partial charge >= 0.3 is 11.9 Å². The third kappa shape index (κ3) is 3.67. The molecule has 0 bridgehead atoms. The Morgan fingerprint density at radius 3 is 2.70 bits per heavy atom. The Kier molecular flexibility index (Phi) is 5.33. The lowest BCUT2D eigenvalue weighted by atomic mass is 9.74. The highest BCUT2D eigenvalue weighted by atomic mass is 32.1. The maximum atomic E-state index is 12.7. The summed E-state index contributed by atoms with van der Waals surface area (Å²) in [6.45, 7) is 8.46. The molecular weight excluding hydrogens is 314 g/mol. The fourth-order valence-corrected chi connectivity index (χ4v) is 4.15. The van der Waals surface area contributed by atoms with Crippen molar-refractivity contribution in [3.63, 3.8) is 0 Å². The van der Waals surface area contributed by atoms with Gasteiger partial charge in [0.25, 0.3) is 0 Å². The number of hydrogen-bond donors (Lipinski definition) is 0. The molecule has 5 nitrogen and oxygen atoms in total. The van der Waals surface area contributed by atoms with Gasteiger partial charge in [-0.1, -0.05) is 12.2 Å². The lowest BCUT2D eigenvalue weighted by Gasteiger charge is -2.47. The summed E-state index contributed by atoms with van der Waals surface area (Å²) in [6.07, 6.45) is 3.29. The number of carbonyl (C=O) groups excluding carboxylic acids is 2. The van der Waals surface area contributed by atoms with Crippen LogP contribution in [0.1, 0.15) is 59.8 Å². The van der Waals surface area contributed by atoms with Crippen LogP contribution in [0.3, 0.4) is 0 Å². The van der Waals surface area contributed by atoms with Crippen LogP contribution in [-0.2, 0) is 19.1 Å². The second kappa shape index (κ2) is 6.75. The topological polar surface area (TPSA) is 55.8 Å². The molecule has 0 amide bonds. The molecule has 2 aliphatic rings. The van der Waals surface area contributed by atoms with E-state index in [0.717, 1.165) is 30.8 Å². The molecule has 2 atom stereocenters. The summed E-state index contributed by atoms with van der Waals surface area (Å²) in [5, 5.41) is 0. The second-order valence-corrected chi connectivity index (χ2v) is 7.79. The zero-order valence-electron chi connectivity index (χ0n) is 14.5. The normalized spacial score (nSPS) is 27.6. The molecule has 2 saturated heterocycles. The van der Waals surface area contributed by atoms with Crippen LogP contribution in [0.2, 0.25) is 0 Å². The van der Waals surface area contributed by atoms with Gasteiger partial charge in [0.2, 0.25) is 0 Å². The molecule has 23 heavy (non-hydrogen) atoms. The summed E-state index contributed by atoms with van der Waals surface area (Å²) in [7, 11) is 0. The highest BCUT2D eigenvalue weighted by Crippen LogP contribution is 2.45. The molecule has 0 aromatic rings. The molecule has 2 aliphatic heterocycles. The van der Waals surface area contributed by atoms with E-state index < -0.39 is 11.1 Å². The van der Waals surface area contributed by atoms with E-state index in [0.29, 0.717) is 13.0 Å². The van der Waals surface area contributed by atoms with Crippen LogP contribution in [0.4, 0.5) is 0 Å². The summed E-state index contributed by atoms with van der Waals surface area (Å²) in [6, 6.07) is 0. The smallest absolute Gasteiger partial charge is 0.332 e. The Morgan fingerprint density at radius 2 is 2.09 bits per heavy atom. The molecule has 0 aliphatic carbocycles. The first kappa shape index (κ1) is 18.2. The third-order valence-electron chi connectivity index (χ3n) is 4.57. The molecule has 0 unspecified atom stereocenters. The van der Waals surface area contributed by atoms with Crippen LogP contribution in [0, 0.1) is 5.92 Å². The molecule has 2 heterocycles. The van der Waals surface area contributed by atoms with Gasteiger partial charge in [-0.3, -0.25) is 4.79 Å². The number of carbonyl (C=O) groups is 2. The molecule has 0 radical (unpaired) electrons. The Morgan fingerprint density at radius 1 is 1.39 bits per heavy atom. The average Bonchev–Trinajstić information content (AvgIpc) is 2.87. The quantitative estimate of drug-likeness (QED) is 0.579. The van der Waals surface area contributed by atoms with Crippen molar-refractivity contribution in [2.24, 2.45) is 5.92 Å². The van der Waals surface area contributed by atoms with E-state index in [9.17, 15) is 9.59 Å². The Balaban J connectivity index is 2.24. The van der Waals surface area contributed by atoms with Crippen LogP contribution in [0.5, 0.6) is 0 Å². The van der Waals surface area contributed by atoms with Crippen LogP contribution in [0.25, 0.3) is 0 Å². The van der Waals surface area contributed by atoms with Gasteiger partial charge < -0.3 is 14.4 Å². The molecule has 0 saturated carbocycles. The molecule has 0 spiro atoms. The number of fused-ring (bicyclic) bond motifs is 1. The lowest BCUT2D eigenvalue weighted by molar-refractivity contribution is -0.163. The van der Waals surface area contributed by atoms with E-state index in [1.54, 1.807) is 6.92 Å². The van der Waals surface area contributed by atoms with Crippen LogP contribution >= 0.6 is 12.2 Å². The van der Waals surface area contributed by atoms with Crippen molar-refractivity contribution >= 4 is 29.1 Å². The van der Waals surface area contributed by atoms with E-state index in [1.165, 1.54) is 0 Å². The second-order valence-electron chi connectivity index (χ2n) is 7.32. The summed E-state index contributed by atoms with van der Waals surface area (Å²) in [4.78, 5) is 27.9. The fraction of sp³-hybridized carbons (Fsp3) is 0.824. The summed E-state index contributed by atoms with van der Waals surface area (Å²) in [5.74, 6) is -0.607. The minimum atomic E-state index is -0.776. The molecule has 6 heteroatoms. The predicted octanol–water partition coefficient (Wildman–Crippen LogP) is 2.85. The van der Waals surface area contributed by atoms with Crippen molar-refractivity contribution in [2.45, 2.75) is 70.9 Å². The number of rotatable bonds is 4. The van der Waals surface area contributed by atoms with Gasteiger partial charge in [-0.25, -0.2) is 4.79 Å². The minimum Gasteiger partial charge on any atom is -0.464 e. The number of piperidine rings is 1. The summed E-state index contributed by atoms with van der Waals surface area (Å²) < 4.78 is 10.8. The van der Waals surface area contributed by atoms with Gasteiger partial charge in [0, 0.05) is 12.5 Å². The molecule has 0 aromatic carbocycles. The van der Waals surface area contributed by atoms with Gasteiger partial charge in [-0.15, -0.1) is 0 Å². The number of esters is 2. The molecule has 0 N–H and O–H groups in total. The zero-order chi connectivity index (χ0) is 17.3. The van der Waals surface area contributed by atoms with Crippen molar-refractivity contribution < 1.29 is 19.1 Å². The van der Waals surface area contributed by atoms with Crippen LogP contribution < -0.4 is 0 Å². The van der Waals surface area contributed by atoms with Crippen molar-refractivity contribution in [1.82, 2.24) is 4.90 Å². The highest BCUT2D eigenvalue weighted by Gasteiger charge is 2.57. The summed E-state index contributed by atoms with van der Waals surface area (Å²) >= 11 is 5.47. The minimum absolute atomic E-state index is 0.106. The van der Waals surface area contributed by atoms with Crippen molar-refractivity contribution in [3.8, 4) is 0 Å². The zero-order valence-corrected chi connectivity index (χ0v) is 15.3. The SMILES string of the molecule is CCOC(=O)[C@@]12CCCN1C(=S)CC[C@@H]2CC(=O)OC(C)(C)C. The molecular formula is C17H27NO4S. The number of ether oxygens (including phenoxy) is 2. The Hall–Kier alpha value is -1.17. The first-order valence-corrected chi connectivity index (χ1v) is 8.81. The third-order valence-corrected chi connectivity index (χ3v) is 4.99. The van der Waals surface area contributed by atoms with E-state index in [-0.39, 0.29) is 24.3 Å². The number of hydrogen-bond acceptors (Lipinski definition) is 5. The van der Waals surface area contributed by atoms with Crippen molar-refractivity contribution in [2.75, 3.05) is 13.2 Å². The first-order chi connectivity index (χ1) is 10.7. The summed E-state index contributed by atoms with van der Waals surface area (Å²) in [5.41, 5.74) is -1.30. The molecule has 2 rings (SSSR count). The Bertz CT molecular complexity index is 499. The monoisotopic (exact) mass is 341 g/mol. The lowest BCUT2D eigenvalue weighted by Crippen LogP contribution is -2.61. The number of nitrogens with zero attached hydrogens (tertiary/aromatic N) is 1. The largest absolute Gasteiger partial charge is 0.464 e. The first-order valence-electron chi connectivity index (χ1n) is 8.40. The Labute approximate surface area is 143 Å². The average molecular weight is 341 g/mol. The van der Waals surface area contributed by atoms with Gasteiger partial charge in [0.15, 0.2) is 0 Å².